The highest BCUT2D eigenvalue weighted by Crippen LogP contribution is 2.18. The molecular formula is C50H105Br2N3O5. The van der Waals surface area contributed by atoms with E-state index in [9.17, 15) is 19.2 Å². The van der Waals surface area contributed by atoms with Gasteiger partial charge in [-0.05, 0) is 7.05 Å². The molecule has 364 valence electrons. The summed E-state index contributed by atoms with van der Waals surface area (Å²) in [7, 11) is 3.10. The quantitative estimate of drug-likeness (QED) is 0.215. The van der Waals surface area contributed by atoms with Crippen molar-refractivity contribution in [2.75, 3.05) is 24.8 Å². The first-order valence-electron chi connectivity index (χ1n) is 23.4. The topological polar surface area (TPSA) is 119 Å². The van der Waals surface area contributed by atoms with Crippen molar-refractivity contribution in [3.05, 3.63) is 0 Å². The maximum Gasteiger partial charge on any atom is 0.343 e. The molecule has 1 saturated heterocycles. The molecular weight excluding hydrogens is 882 g/mol. The first-order chi connectivity index (χ1) is 27.5. The maximum atomic E-state index is 10.8. The largest absolute Gasteiger partial charge is 0.358 e. The minimum Gasteiger partial charge on any atom is -0.358 e. The Labute approximate surface area is 392 Å². The van der Waals surface area contributed by atoms with E-state index in [4.69, 9.17) is 0 Å². The Kier molecular flexibility index (Phi) is 70.8. The van der Waals surface area contributed by atoms with Crippen molar-refractivity contribution >= 4 is 55.6 Å². The number of hydrogen-bond acceptors (Lipinski definition) is 6. The number of nitrogens with two attached hydrogens (primary N) is 1. The first-order valence-corrected chi connectivity index (χ1v) is 25.7. The van der Waals surface area contributed by atoms with E-state index in [2.05, 4.69) is 47.7 Å². The van der Waals surface area contributed by atoms with E-state index in [1.54, 1.807) is 7.05 Å². The van der Waals surface area contributed by atoms with E-state index in [0.717, 1.165) is 0 Å². The molecule has 60 heavy (non-hydrogen) atoms. The predicted octanol–water partition coefficient (Wildman–Crippen LogP) is 16.3. The SMILES string of the molecule is C.C.C.C.C1CCCCCCCCCCCCCCCCC1.C1CCCCCCCCCCCCCCCCC1.CN.CNC(=O)CBr.O=C(CBr)ON1C(=O)CCC1=O. The summed E-state index contributed by atoms with van der Waals surface area (Å²) in [6.45, 7) is 0. The fraction of sp³-hybridized carbons (Fsp3) is 0.920. The number of nitrogens with zero attached hydrogens (tertiary/aromatic N) is 1. The van der Waals surface area contributed by atoms with E-state index in [0.29, 0.717) is 10.4 Å². The van der Waals surface area contributed by atoms with Crippen molar-refractivity contribution in [1.82, 2.24) is 10.4 Å². The number of rotatable bonds is 3. The fourth-order valence-corrected chi connectivity index (χ4v) is 7.60. The second-order valence-electron chi connectivity index (χ2n) is 15.7. The lowest BCUT2D eigenvalue weighted by molar-refractivity contribution is -0.195. The Balaban J connectivity index is -0.000000164. The number of hydroxylamine groups is 2. The predicted molar refractivity (Wildman–Crippen MR) is 272 cm³/mol. The van der Waals surface area contributed by atoms with Crippen molar-refractivity contribution < 1.29 is 24.0 Å². The zero-order valence-electron chi connectivity index (χ0n) is 36.6. The molecule has 0 aromatic rings. The molecule has 0 atom stereocenters. The average Bonchev–Trinajstić information content (AvgIpc) is 3.54. The van der Waals surface area contributed by atoms with Crippen molar-refractivity contribution in [1.29, 1.82) is 0 Å². The van der Waals surface area contributed by atoms with E-state index in [-0.39, 0.29) is 53.8 Å². The lowest BCUT2D eigenvalue weighted by atomic mass is 10.0. The van der Waals surface area contributed by atoms with Crippen molar-refractivity contribution in [2.24, 2.45) is 5.73 Å². The van der Waals surface area contributed by atoms with Crippen LogP contribution in [0.1, 0.15) is 274 Å². The Hall–Kier alpha value is -1.00. The molecule has 0 spiro atoms. The number of nitrogens with one attached hydrogen (secondary N) is 1. The highest BCUT2D eigenvalue weighted by atomic mass is 79.9. The van der Waals surface area contributed by atoms with Gasteiger partial charge in [0.1, 0.15) is 5.33 Å². The lowest BCUT2D eigenvalue weighted by Crippen LogP contribution is -2.32. The molecule has 0 unspecified atom stereocenters. The van der Waals surface area contributed by atoms with Crippen molar-refractivity contribution in [3.63, 3.8) is 0 Å². The molecule has 0 bridgehead atoms. The Morgan fingerprint density at radius 3 is 0.700 bits per heavy atom. The summed E-state index contributed by atoms with van der Waals surface area (Å²) in [6.07, 6.45) is 54.2. The second-order valence-corrected chi connectivity index (χ2v) is 16.8. The number of halogens is 2. The van der Waals surface area contributed by atoms with Crippen LogP contribution in [-0.4, -0.2) is 53.5 Å². The number of amides is 3. The van der Waals surface area contributed by atoms with Gasteiger partial charge in [-0.25, -0.2) is 4.79 Å². The normalized spacial score (nSPS) is 18.6. The van der Waals surface area contributed by atoms with Crippen LogP contribution in [0.4, 0.5) is 0 Å². The molecule has 3 rings (SSSR count). The molecule has 0 radical (unpaired) electrons. The molecule has 8 nitrogen and oxygen atoms in total. The summed E-state index contributed by atoms with van der Waals surface area (Å²) in [5.74, 6) is -1.57. The summed E-state index contributed by atoms with van der Waals surface area (Å²) < 4.78 is 0. The summed E-state index contributed by atoms with van der Waals surface area (Å²) >= 11 is 5.80. The van der Waals surface area contributed by atoms with Gasteiger partial charge in [0, 0.05) is 19.9 Å². The van der Waals surface area contributed by atoms with Gasteiger partial charge in [0.25, 0.3) is 11.8 Å². The molecule has 1 aliphatic heterocycles. The van der Waals surface area contributed by atoms with Gasteiger partial charge >= 0.3 is 5.97 Å². The monoisotopic (exact) mass is 986 g/mol. The number of carbonyl (C=O) groups excluding carboxylic acids is 4. The molecule has 0 aromatic heterocycles. The smallest absolute Gasteiger partial charge is 0.343 e. The molecule has 3 aliphatic rings. The maximum absolute atomic E-state index is 10.8. The third-order valence-electron chi connectivity index (χ3n) is 10.7. The molecule has 0 aromatic carbocycles. The van der Waals surface area contributed by atoms with Gasteiger partial charge in [-0.15, -0.1) is 5.06 Å². The zero-order chi connectivity index (χ0) is 41.6. The van der Waals surface area contributed by atoms with Crippen LogP contribution < -0.4 is 11.1 Å². The standard InChI is InChI=1S/2C18H36.C6H6BrNO4.C3H6BrNO.CH5N.4CH4/c2*1-2-4-6-8-10-12-14-16-18-17-15-13-11-9-7-5-3-1;7-3-6(11)12-8-4(9)1-2-5(8)10;1-5-3(6)2-4;1-2;;;;/h2*1-18H2;1-3H2;2H2,1H3,(H,5,6);2H2,1H3;4*1H4. The van der Waals surface area contributed by atoms with Gasteiger partial charge in [-0.3, -0.25) is 14.4 Å². The molecule has 3 amide bonds. The van der Waals surface area contributed by atoms with Crippen LogP contribution in [0.15, 0.2) is 0 Å². The molecule has 10 heteroatoms. The van der Waals surface area contributed by atoms with E-state index in [1.165, 1.54) is 238 Å². The van der Waals surface area contributed by atoms with Gasteiger partial charge in [0.15, 0.2) is 0 Å². The first kappa shape index (κ1) is 70.7. The summed E-state index contributed by atoms with van der Waals surface area (Å²) in [5.41, 5.74) is 4.50. The highest BCUT2D eigenvalue weighted by Gasteiger charge is 2.32. The molecule has 3 N–H and O–H groups in total. The van der Waals surface area contributed by atoms with Gasteiger partial charge in [0.05, 0.1) is 5.33 Å². The number of carbonyl (C=O) groups is 4. The van der Waals surface area contributed by atoms with Crippen LogP contribution in [0.25, 0.3) is 0 Å². The van der Waals surface area contributed by atoms with Crippen LogP contribution in [0, 0.1) is 0 Å². The van der Waals surface area contributed by atoms with Gasteiger partial charge in [0.2, 0.25) is 5.91 Å². The van der Waals surface area contributed by atoms with E-state index in [1.807, 2.05) is 0 Å². The molecule has 1 heterocycles. The lowest BCUT2D eigenvalue weighted by Gasteiger charge is -2.10. The minimum absolute atomic E-state index is 0. The summed E-state index contributed by atoms with van der Waals surface area (Å²) in [6, 6.07) is 0. The second kappa shape index (κ2) is 60.1. The van der Waals surface area contributed by atoms with Gasteiger partial charge < -0.3 is 15.9 Å². The summed E-state index contributed by atoms with van der Waals surface area (Å²) in [5, 5.41) is 3.30. The van der Waals surface area contributed by atoms with Gasteiger partial charge in [-0.2, -0.15) is 0 Å². The molecule has 3 fully saturated rings. The van der Waals surface area contributed by atoms with Crippen molar-refractivity contribution in [2.45, 2.75) is 274 Å². The van der Waals surface area contributed by atoms with Crippen LogP contribution >= 0.6 is 31.9 Å². The fourth-order valence-electron chi connectivity index (χ4n) is 7.21. The molecule has 2 saturated carbocycles. The summed E-state index contributed by atoms with van der Waals surface area (Å²) in [4.78, 5) is 46.8. The van der Waals surface area contributed by atoms with Crippen LogP contribution in [0.5, 0.6) is 0 Å². The van der Waals surface area contributed by atoms with E-state index >= 15 is 0 Å². The van der Waals surface area contributed by atoms with Crippen molar-refractivity contribution in [3.8, 4) is 0 Å². The third-order valence-corrected chi connectivity index (χ3v) is 11.7. The number of alkyl halides is 2. The molecule has 2 aliphatic carbocycles. The average molecular weight is 988 g/mol. The van der Waals surface area contributed by atoms with Gasteiger partial charge in [-0.1, -0.05) is 293 Å². The minimum atomic E-state index is -0.654. The Morgan fingerprint density at radius 1 is 0.433 bits per heavy atom. The number of hydrogen-bond donors (Lipinski definition) is 2. The van der Waals surface area contributed by atoms with E-state index < -0.39 is 17.8 Å². The number of imide groups is 1. The Bertz CT molecular complexity index is 673. The highest BCUT2D eigenvalue weighted by molar-refractivity contribution is 9.09. The Morgan fingerprint density at radius 2 is 0.600 bits per heavy atom. The van der Waals surface area contributed by atoms with Crippen LogP contribution in [0.3, 0.4) is 0 Å². The van der Waals surface area contributed by atoms with Crippen LogP contribution in [0.2, 0.25) is 0 Å². The zero-order valence-corrected chi connectivity index (χ0v) is 39.8. The van der Waals surface area contributed by atoms with Crippen LogP contribution in [-0.2, 0) is 24.0 Å². The third kappa shape index (κ3) is 53.1.